The SMILES string of the molecule is CCCN(CCC)C(=O)C1CC1C(=O)Nc1ccccc1OCC. The van der Waals surface area contributed by atoms with E-state index in [4.69, 9.17) is 4.74 Å². The lowest BCUT2D eigenvalue weighted by Crippen LogP contribution is -2.34. The van der Waals surface area contributed by atoms with E-state index in [0.29, 0.717) is 24.5 Å². The molecule has 0 bridgehead atoms. The van der Waals surface area contributed by atoms with Gasteiger partial charge >= 0.3 is 0 Å². The maximum atomic E-state index is 12.5. The van der Waals surface area contributed by atoms with Gasteiger partial charge in [0.2, 0.25) is 11.8 Å². The predicted octanol–water partition coefficient (Wildman–Crippen LogP) is 3.31. The molecule has 1 aliphatic carbocycles. The second-order valence-electron chi connectivity index (χ2n) is 6.19. The molecule has 5 nitrogen and oxygen atoms in total. The van der Waals surface area contributed by atoms with Crippen molar-refractivity contribution in [3.05, 3.63) is 24.3 Å². The van der Waals surface area contributed by atoms with Crippen molar-refractivity contribution in [3.63, 3.8) is 0 Å². The Hall–Kier alpha value is -2.04. The molecule has 132 valence electrons. The number of hydrogen-bond donors (Lipinski definition) is 1. The van der Waals surface area contributed by atoms with E-state index in [0.717, 1.165) is 25.9 Å². The van der Waals surface area contributed by atoms with Gasteiger partial charge in [-0.1, -0.05) is 26.0 Å². The zero-order valence-corrected chi connectivity index (χ0v) is 14.9. The first-order valence-electron chi connectivity index (χ1n) is 8.93. The maximum absolute atomic E-state index is 12.5. The van der Waals surface area contributed by atoms with Gasteiger partial charge in [0.1, 0.15) is 5.75 Å². The minimum absolute atomic E-state index is 0.0894. The first-order chi connectivity index (χ1) is 11.6. The molecule has 0 aromatic heterocycles. The van der Waals surface area contributed by atoms with E-state index in [1.807, 2.05) is 36.1 Å². The Bertz CT molecular complexity index is 567. The number of carbonyl (C=O) groups excluding carboxylic acids is 2. The third-order valence-corrected chi connectivity index (χ3v) is 4.19. The van der Waals surface area contributed by atoms with Crippen LogP contribution in [0.1, 0.15) is 40.0 Å². The van der Waals surface area contributed by atoms with Gasteiger partial charge in [0.05, 0.1) is 24.1 Å². The van der Waals surface area contributed by atoms with Crippen molar-refractivity contribution in [1.82, 2.24) is 4.90 Å². The molecule has 1 N–H and O–H groups in total. The minimum Gasteiger partial charge on any atom is -0.492 e. The number of para-hydroxylation sites is 2. The van der Waals surface area contributed by atoms with Gasteiger partial charge in [0, 0.05) is 13.1 Å². The molecule has 1 aliphatic rings. The second kappa shape index (κ2) is 8.71. The highest BCUT2D eigenvalue weighted by Crippen LogP contribution is 2.41. The van der Waals surface area contributed by atoms with Crippen molar-refractivity contribution in [1.29, 1.82) is 0 Å². The number of carbonyl (C=O) groups is 2. The molecular formula is C19H28N2O3. The molecule has 0 radical (unpaired) electrons. The summed E-state index contributed by atoms with van der Waals surface area (Å²) in [6.45, 7) is 8.12. The minimum atomic E-state index is -0.219. The van der Waals surface area contributed by atoms with Crippen LogP contribution in [0.15, 0.2) is 24.3 Å². The topological polar surface area (TPSA) is 58.6 Å². The Morgan fingerprint density at radius 2 is 1.79 bits per heavy atom. The smallest absolute Gasteiger partial charge is 0.228 e. The summed E-state index contributed by atoms with van der Waals surface area (Å²) in [5, 5.41) is 2.91. The molecule has 1 saturated carbocycles. The molecule has 2 atom stereocenters. The number of nitrogens with zero attached hydrogens (tertiary/aromatic N) is 1. The Morgan fingerprint density at radius 1 is 1.12 bits per heavy atom. The van der Waals surface area contributed by atoms with Gasteiger partial charge in [-0.3, -0.25) is 9.59 Å². The molecule has 24 heavy (non-hydrogen) atoms. The Balaban J connectivity index is 1.95. The van der Waals surface area contributed by atoms with Gasteiger partial charge in [-0.05, 0) is 38.3 Å². The van der Waals surface area contributed by atoms with Crippen LogP contribution < -0.4 is 10.1 Å². The van der Waals surface area contributed by atoms with Crippen molar-refractivity contribution >= 4 is 17.5 Å². The van der Waals surface area contributed by atoms with Crippen LogP contribution >= 0.6 is 0 Å². The molecule has 1 aromatic carbocycles. The molecule has 1 fully saturated rings. The lowest BCUT2D eigenvalue weighted by atomic mass is 10.2. The highest BCUT2D eigenvalue weighted by molar-refractivity contribution is 6.00. The van der Waals surface area contributed by atoms with Gasteiger partial charge in [-0.15, -0.1) is 0 Å². The number of ether oxygens (including phenoxy) is 1. The average molecular weight is 332 g/mol. The van der Waals surface area contributed by atoms with Crippen molar-refractivity contribution in [2.75, 3.05) is 25.0 Å². The maximum Gasteiger partial charge on any atom is 0.228 e. The van der Waals surface area contributed by atoms with Crippen molar-refractivity contribution in [2.45, 2.75) is 40.0 Å². The van der Waals surface area contributed by atoms with E-state index in [2.05, 4.69) is 19.2 Å². The summed E-state index contributed by atoms with van der Waals surface area (Å²) >= 11 is 0. The summed E-state index contributed by atoms with van der Waals surface area (Å²) in [5.74, 6) is 0.312. The lowest BCUT2D eigenvalue weighted by Gasteiger charge is -2.21. The van der Waals surface area contributed by atoms with E-state index in [1.165, 1.54) is 0 Å². The Labute approximate surface area is 144 Å². The summed E-state index contributed by atoms with van der Waals surface area (Å²) in [6, 6.07) is 7.39. The second-order valence-corrected chi connectivity index (χ2v) is 6.19. The van der Waals surface area contributed by atoms with E-state index in [9.17, 15) is 9.59 Å². The summed E-state index contributed by atoms with van der Waals surface area (Å²) in [7, 11) is 0. The lowest BCUT2D eigenvalue weighted by molar-refractivity contribution is -0.134. The summed E-state index contributed by atoms with van der Waals surface area (Å²) in [6.07, 6.45) is 2.53. The summed E-state index contributed by atoms with van der Waals surface area (Å²) in [5.41, 5.74) is 0.668. The van der Waals surface area contributed by atoms with Crippen LogP contribution in [0.3, 0.4) is 0 Å². The van der Waals surface area contributed by atoms with E-state index >= 15 is 0 Å². The van der Waals surface area contributed by atoms with E-state index in [-0.39, 0.29) is 23.7 Å². The van der Waals surface area contributed by atoms with Crippen LogP contribution in [0.25, 0.3) is 0 Å². The zero-order chi connectivity index (χ0) is 17.5. The van der Waals surface area contributed by atoms with Crippen LogP contribution in [-0.2, 0) is 9.59 Å². The van der Waals surface area contributed by atoms with Crippen LogP contribution in [0.4, 0.5) is 5.69 Å². The van der Waals surface area contributed by atoms with E-state index < -0.39 is 0 Å². The number of anilines is 1. The van der Waals surface area contributed by atoms with Crippen molar-refractivity contribution < 1.29 is 14.3 Å². The molecule has 5 heteroatoms. The first-order valence-corrected chi connectivity index (χ1v) is 8.93. The molecule has 0 saturated heterocycles. The van der Waals surface area contributed by atoms with Crippen LogP contribution in [0.2, 0.25) is 0 Å². The zero-order valence-electron chi connectivity index (χ0n) is 14.9. The monoisotopic (exact) mass is 332 g/mol. The van der Waals surface area contributed by atoms with Gasteiger partial charge in [-0.2, -0.15) is 0 Å². The molecular weight excluding hydrogens is 304 g/mol. The molecule has 1 aromatic rings. The Kier molecular flexibility index (Phi) is 6.64. The quantitative estimate of drug-likeness (QED) is 0.755. The normalized spacial score (nSPS) is 18.8. The number of hydrogen-bond acceptors (Lipinski definition) is 3. The molecule has 2 amide bonds. The fraction of sp³-hybridized carbons (Fsp3) is 0.579. The summed E-state index contributed by atoms with van der Waals surface area (Å²) in [4.78, 5) is 26.9. The molecule has 0 aliphatic heterocycles. The molecule has 2 unspecified atom stereocenters. The van der Waals surface area contributed by atoms with E-state index in [1.54, 1.807) is 0 Å². The number of benzene rings is 1. The van der Waals surface area contributed by atoms with Crippen LogP contribution in [-0.4, -0.2) is 36.4 Å². The van der Waals surface area contributed by atoms with Crippen LogP contribution in [0, 0.1) is 11.8 Å². The Morgan fingerprint density at radius 3 is 2.42 bits per heavy atom. The highest BCUT2D eigenvalue weighted by Gasteiger charge is 2.49. The van der Waals surface area contributed by atoms with Gasteiger partial charge in [0.25, 0.3) is 0 Å². The molecule has 0 heterocycles. The van der Waals surface area contributed by atoms with Gasteiger partial charge in [0.15, 0.2) is 0 Å². The third-order valence-electron chi connectivity index (χ3n) is 4.19. The fourth-order valence-corrected chi connectivity index (χ4v) is 2.94. The number of rotatable bonds is 9. The van der Waals surface area contributed by atoms with Crippen molar-refractivity contribution in [2.24, 2.45) is 11.8 Å². The molecule has 2 rings (SSSR count). The fourth-order valence-electron chi connectivity index (χ4n) is 2.94. The largest absolute Gasteiger partial charge is 0.492 e. The number of amides is 2. The standard InChI is InChI=1S/C19H28N2O3/c1-4-11-21(12-5-2)19(23)15-13-14(15)18(22)20-16-9-7-8-10-17(16)24-6-3/h7-10,14-15H,4-6,11-13H2,1-3H3,(H,20,22). The predicted molar refractivity (Wildman–Crippen MR) is 95.0 cm³/mol. The molecule has 0 spiro atoms. The number of nitrogens with one attached hydrogen (secondary N) is 1. The van der Waals surface area contributed by atoms with Crippen molar-refractivity contribution in [3.8, 4) is 5.75 Å². The van der Waals surface area contributed by atoms with Crippen LogP contribution in [0.5, 0.6) is 5.75 Å². The summed E-state index contributed by atoms with van der Waals surface area (Å²) < 4.78 is 5.52. The van der Waals surface area contributed by atoms with Gasteiger partial charge < -0.3 is 15.0 Å². The van der Waals surface area contributed by atoms with Gasteiger partial charge in [-0.25, -0.2) is 0 Å². The average Bonchev–Trinajstić information content (AvgIpc) is 3.37. The first kappa shape index (κ1) is 18.3. The third kappa shape index (κ3) is 4.49. The highest BCUT2D eigenvalue weighted by atomic mass is 16.5.